The number of rotatable bonds is 7. The highest BCUT2D eigenvalue weighted by molar-refractivity contribution is 14.1. The van der Waals surface area contributed by atoms with Crippen LogP contribution in [0.1, 0.15) is 24.2 Å². The van der Waals surface area contributed by atoms with E-state index in [2.05, 4.69) is 5.32 Å². The van der Waals surface area contributed by atoms with E-state index < -0.39 is 34.7 Å². The number of hydrogen-bond donors (Lipinski definition) is 1. The second-order valence-electron chi connectivity index (χ2n) is 6.92. The number of benzene rings is 2. The Bertz CT molecular complexity index is 923. The summed E-state index contributed by atoms with van der Waals surface area (Å²) in [6.45, 7) is 3.58. The first-order valence-electron chi connectivity index (χ1n) is 8.79. The Balaban J connectivity index is 1.73. The van der Waals surface area contributed by atoms with Crippen molar-refractivity contribution in [1.82, 2.24) is 0 Å². The Morgan fingerprint density at radius 1 is 1.24 bits per heavy atom. The monoisotopic (exact) mass is 521 g/mol. The van der Waals surface area contributed by atoms with Gasteiger partial charge in [0, 0.05) is 9.13 Å². The van der Waals surface area contributed by atoms with E-state index >= 15 is 0 Å². The summed E-state index contributed by atoms with van der Waals surface area (Å²) in [7, 11) is 0. The molecule has 2 aromatic carbocycles. The minimum absolute atomic E-state index is 0.0800. The first-order chi connectivity index (χ1) is 13.7. The number of ketones is 1. The van der Waals surface area contributed by atoms with Gasteiger partial charge in [0.15, 0.2) is 23.2 Å². The Kier molecular flexibility index (Phi) is 6.82. The lowest BCUT2D eigenvalue weighted by Gasteiger charge is -2.17. The van der Waals surface area contributed by atoms with Crippen LogP contribution in [0.5, 0.6) is 0 Å². The van der Waals surface area contributed by atoms with Crippen LogP contribution in [0.4, 0.5) is 24.5 Å². The third-order valence-electron chi connectivity index (χ3n) is 4.19. The molecule has 0 amide bonds. The molecular weight excluding hydrogens is 502 g/mol. The van der Waals surface area contributed by atoms with Crippen LogP contribution in [-0.4, -0.2) is 37.5 Å². The number of carbonyl (C=O) groups excluding carboxylic acids is 1. The molecule has 1 heterocycles. The zero-order valence-corrected chi connectivity index (χ0v) is 17.9. The van der Waals surface area contributed by atoms with E-state index in [1.54, 1.807) is 19.9 Å². The first-order valence-corrected chi connectivity index (χ1v) is 9.87. The molecule has 2 aromatic rings. The molecular formula is C20H19F3INO4. The Hall–Kier alpha value is -1.69. The predicted molar refractivity (Wildman–Crippen MR) is 109 cm³/mol. The third-order valence-corrected chi connectivity index (χ3v) is 4.86. The number of Topliss-reactive ketones (excluding diaryl/α,β-unsaturated/α-hetero) is 1. The van der Waals surface area contributed by atoms with E-state index in [1.165, 1.54) is 12.1 Å². The van der Waals surface area contributed by atoms with Gasteiger partial charge in [0.1, 0.15) is 18.5 Å². The largest absolute Gasteiger partial charge is 0.371 e. The molecule has 0 radical (unpaired) electrons. The highest BCUT2D eigenvalue weighted by Crippen LogP contribution is 2.29. The Morgan fingerprint density at radius 2 is 2.00 bits per heavy atom. The summed E-state index contributed by atoms with van der Waals surface area (Å²) in [4.78, 5) is 12.5. The van der Waals surface area contributed by atoms with E-state index in [4.69, 9.17) is 14.2 Å². The average Bonchev–Trinajstić information content (AvgIpc) is 2.99. The molecule has 1 fully saturated rings. The molecule has 5 nitrogen and oxygen atoms in total. The lowest BCUT2D eigenvalue weighted by Crippen LogP contribution is -2.25. The topological polar surface area (TPSA) is 56.8 Å². The van der Waals surface area contributed by atoms with Gasteiger partial charge in [-0.25, -0.2) is 13.2 Å². The fraction of sp³-hybridized carbons (Fsp3) is 0.350. The van der Waals surface area contributed by atoms with Crippen molar-refractivity contribution in [2.45, 2.75) is 25.7 Å². The molecule has 1 N–H and O–H groups in total. The molecule has 9 heteroatoms. The summed E-state index contributed by atoms with van der Waals surface area (Å²) in [6.07, 6.45) is -0.332. The fourth-order valence-electron chi connectivity index (χ4n) is 2.84. The van der Waals surface area contributed by atoms with Gasteiger partial charge in [0.05, 0.1) is 24.6 Å². The van der Waals surface area contributed by atoms with Crippen molar-refractivity contribution < 1.29 is 32.2 Å². The van der Waals surface area contributed by atoms with E-state index in [0.717, 1.165) is 12.1 Å². The lowest BCUT2D eigenvalue weighted by molar-refractivity contribution is -0.144. The highest BCUT2D eigenvalue weighted by Gasteiger charge is 2.32. The van der Waals surface area contributed by atoms with Crippen LogP contribution >= 0.6 is 22.6 Å². The van der Waals surface area contributed by atoms with Gasteiger partial charge in [-0.15, -0.1) is 0 Å². The standard InChI is InChI=1S/C20H19F3INO4/c1-20(2)28-9-12(29-20)8-27-10-17(26)13-4-5-14(21)18(23)19(13)25-16-6-3-11(24)7-15(16)22/h3-7,12,25H,8-10H2,1-2H3/t12-/m0/s1. The zero-order chi connectivity index (χ0) is 21.2. The highest BCUT2D eigenvalue weighted by atomic mass is 127. The van der Waals surface area contributed by atoms with Gasteiger partial charge in [-0.3, -0.25) is 4.79 Å². The number of hydrogen-bond acceptors (Lipinski definition) is 5. The van der Waals surface area contributed by atoms with Gasteiger partial charge in [-0.05, 0) is 66.8 Å². The van der Waals surface area contributed by atoms with Crippen LogP contribution < -0.4 is 5.32 Å². The van der Waals surface area contributed by atoms with Gasteiger partial charge >= 0.3 is 0 Å². The van der Waals surface area contributed by atoms with Crippen molar-refractivity contribution in [1.29, 1.82) is 0 Å². The van der Waals surface area contributed by atoms with Crippen molar-refractivity contribution >= 4 is 39.7 Å². The normalized spacial score (nSPS) is 18.1. The van der Waals surface area contributed by atoms with E-state index in [0.29, 0.717) is 10.2 Å². The molecule has 156 valence electrons. The van der Waals surface area contributed by atoms with Crippen molar-refractivity contribution in [3.8, 4) is 0 Å². The molecule has 0 saturated carbocycles. The van der Waals surface area contributed by atoms with Crippen molar-refractivity contribution in [2.75, 3.05) is 25.1 Å². The smallest absolute Gasteiger partial charge is 0.190 e. The number of carbonyl (C=O) groups is 1. The molecule has 1 aliphatic heterocycles. The number of halogens is 4. The van der Waals surface area contributed by atoms with Crippen LogP contribution in [0.3, 0.4) is 0 Å². The zero-order valence-electron chi connectivity index (χ0n) is 15.7. The van der Waals surface area contributed by atoms with E-state index in [1.807, 2.05) is 22.6 Å². The molecule has 0 unspecified atom stereocenters. The SMILES string of the molecule is CC1(C)OC[C@H](COCC(=O)c2ccc(F)c(F)c2Nc2ccc(I)cc2F)O1. The van der Waals surface area contributed by atoms with Crippen LogP contribution in [0.2, 0.25) is 0 Å². The van der Waals surface area contributed by atoms with Gasteiger partial charge in [-0.1, -0.05) is 0 Å². The minimum Gasteiger partial charge on any atom is -0.371 e. The maximum absolute atomic E-state index is 14.4. The second-order valence-corrected chi connectivity index (χ2v) is 8.17. The molecule has 0 aliphatic carbocycles. The summed E-state index contributed by atoms with van der Waals surface area (Å²) >= 11 is 1.92. The molecule has 29 heavy (non-hydrogen) atoms. The first kappa shape index (κ1) is 22.0. The van der Waals surface area contributed by atoms with Crippen LogP contribution in [-0.2, 0) is 14.2 Å². The van der Waals surface area contributed by atoms with Gasteiger partial charge in [-0.2, -0.15) is 0 Å². The molecule has 1 saturated heterocycles. The molecule has 3 rings (SSSR count). The summed E-state index contributed by atoms with van der Waals surface area (Å²) < 4.78 is 59.2. The van der Waals surface area contributed by atoms with Crippen molar-refractivity contribution in [3.63, 3.8) is 0 Å². The van der Waals surface area contributed by atoms with Crippen molar-refractivity contribution in [3.05, 3.63) is 56.9 Å². The van der Waals surface area contributed by atoms with E-state index in [-0.39, 0.29) is 30.6 Å². The number of ether oxygens (including phenoxy) is 3. The molecule has 0 spiro atoms. The van der Waals surface area contributed by atoms with Gasteiger partial charge in [0.2, 0.25) is 0 Å². The fourth-order valence-corrected chi connectivity index (χ4v) is 3.29. The number of nitrogens with one attached hydrogen (secondary N) is 1. The Morgan fingerprint density at radius 3 is 2.66 bits per heavy atom. The summed E-state index contributed by atoms with van der Waals surface area (Å²) in [5.74, 6) is -4.39. The third kappa shape index (κ3) is 5.47. The second kappa shape index (κ2) is 8.99. The molecule has 0 aromatic heterocycles. The van der Waals surface area contributed by atoms with Crippen LogP contribution in [0.25, 0.3) is 0 Å². The average molecular weight is 521 g/mol. The maximum Gasteiger partial charge on any atom is 0.190 e. The van der Waals surface area contributed by atoms with Crippen molar-refractivity contribution in [2.24, 2.45) is 0 Å². The Labute approximate surface area is 179 Å². The van der Waals surface area contributed by atoms with Gasteiger partial charge < -0.3 is 19.5 Å². The molecule has 1 aliphatic rings. The molecule has 0 bridgehead atoms. The summed E-state index contributed by atoms with van der Waals surface area (Å²) in [5, 5.41) is 2.49. The number of anilines is 2. The summed E-state index contributed by atoms with van der Waals surface area (Å²) in [5.41, 5.74) is -0.672. The van der Waals surface area contributed by atoms with Crippen LogP contribution in [0.15, 0.2) is 30.3 Å². The van der Waals surface area contributed by atoms with E-state index in [9.17, 15) is 18.0 Å². The minimum atomic E-state index is -1.27. The lowest BCUT2D eigenvalue weighted by atomic mass is 10.1. The summed E-state index contributed by atoms with van der Waals surface area (Å²) in [6, 6.07) is 6.18. The van der Waals surface area contributed by atoms with Crippen LogP contribution in [0, 0.1) is 21.0 Å². The quantitative estimate of drug-likeness (QED) is 0.419. The predicted octanol–water partition coefficient (Wildman–Crippen LogP) is 4.80. The maximum atomic E-state index is 14.4. The molecule has 1 atom stereocenters. The van der Waals surface area contributed by atoms with Gasteiger partial charge in [0.25, 0.3) is 0 Å².